The maximum Gasteiger partial charge on any atom is 0.259 e. The molecule has 9 heteroatoms. The molecule has 0 unspecified atom stereocenters. The molecule has 4 rings (SSSR count). The predicted molar refractivity (Wildman–Crippen MR) is 143 cm³/mol. The highest BCUT2D eigenvalue weighted by molar-refractivity contribution is 5.86. The molecule has 1 aromatic carbocycles. The lowest BCUT2D eigenvalue weighted by atomic mass is 10.0. The van der Waals surface area contributed by atoms with Gasteiger partial charge in [0, 0.05) is 30.7 Å². The first-order chi connectivity index (χ1) is 17.8. The van der Waals surface area contributed by atoms with E-state index in [4.69, 9.17) is 4.74 Å². The Hall–Kier alpha value is -3.85. The van der Waals surface area contributed by atoms with Gasteiger partial charge in [-0.05, 0) is 62.8 Å². The van der Waals surface area contributed by atoms with Crippen LogP contribution in [0.3, 0.4) is 0 Å². The van der Waals surface area contributed by atoms with E-state index >= 15 is 0 Å². The van der Waals surface area contributed by atoms with E-state index < -0.39 is 17.2 Å². The molecule has 0 spiro atoms. The highest BCUT2D eigenvalue weighted by atomic mass is 19.1. The normalized spacial score (nSPS) is 11.3. The van der Waals surface area contributed by atoms with Crippen molar-refractivity contribution in [2.24, 2.45) is 0 Å². The molecule has 0 fully saturated rings. The Balaban J connectivity index is 1.58. The number of anilines is 2. The first kappa shape index (κ1) is 26.2. The topological polar surface area (TPSA) is 72.3 Å². The van der Waals surface area contributed by atoms with E-state index in [-0.39, 0.29) is 11.1 Å². The van der Waals surface area contributed by atoms with Crippen LogP contribution in [0.2, 0.25) is 0 Å². The van der Waals surface area contributed by atoms with Crippen molar-refractivity contribution in [2.45, 2.75) is 34.2 Å². The Morgan fingerprint density at radius 1 is 0.973 bits per heavy atom. The maximum absolute atomic E-state index is 14.7. The number of aromatic nitrogens is 3. The molecule has 0 aliphatic carbocycles. The Bertz CT molecular complexity index is 1430. The minimum atomic E-state index is -0.769. The van der Waals surface area contributed by atoms with E-state index in [1.165, 1.54) is 22.8 Å². The zero-order valence-electron chi connectivity index (χ0n) is 21.5. The van der Waals surface area contributed by atoms with Crippen molar-refractivity contribution in [1.82, 2.24) is 19.4 Å². The average Bonchev–Trinajstić information content (AvgIpc) is 2.87. The molecule has 4 aromatic rings. The number of hydrogen-bond acceptors (Lipinski definition) is 6. The van der Waals surface area contributed by atoms with E-state index in [1.54, 1.807) is 38.4 Å². The molecule has 194 valence electrons. The van der Waals surface area contributed by atoms with E-state index in [0.717, 1.165) is 19.6 Å². The number of likely N-dealkylation sites (N-methyl/N-ethyl adjacent to an activating group) is 1. The second kappa shape index (κ2) is 11.5. The van der Waals surface area contributed by atoms with Gasteiger partial charge in [-0.1, -0.05) is 13.8 Å². The van der Waals surface area contributed by atoms with Crippen LogP contribution in [0, 0.1) is 18.6 Å². The van der Waals surface area contributed by atoms with Crippen LogP contribution in [0.1, 0.15) is 26.3 Å². The zero-order valence-corrected chi connectivity index (χ0v) is 21.5. The van der Waals surface area contributed by atoms with Crippen molar-refractivity contribution in [2.75, 3.05) is 31.6 Å². The van der Waals surface area contributed by atoms with E-state index in [0.29, 0.717) is 47.0 Å². The van der Waals surface area contributed by atoms with Crippen molar-refractivity contribution in [3.05, 3.63) is 76.3 Å². The summed E-state index contributed by atoms with van der Waals surface area (Å²) in [6.45, 7) is 11.3. The Morgan fingerprint density at radius 3 is 2.30 bits per heavy atom. The number of benzene rings is 1. The van der Waals surface area contributed by atoms with Gasteiger partial charge in [0.05, 0.1) is 22.8 Å². The van der Waals surface area contributed by atoms with Crippen LogP contribution in [-0.4, -0.2) is 45.7 Å². The summed E-state index contributed by atoms with van der Waals surface area (Å²) in [5.74, 6) is 0.182. The molecular weight excluding hydrogens is 476 g/mol. The second-order valence-corrected chi connectivity index (χ2v) is 8.72. The van der Waals surface area contributed by atoms with Gasteiger partial charge >= 0.3 is 0 Å². The van der Waals surface area contributed by atoms with Crippen LogP contribution >= 0.6 is 0 Å². The minimum Gasteiger partial charge on any atom is -0.491 e. The van der Waals surface area contributed by atoms with Crippen LogP contribution in [-0.2, 0) is 6.54 Å². The third-order valence-electron chi connectivity index (χ3n) is 6.31. The standard InChI is InChI=1S/C28H31F2N5O2/c1-5-34(6-2)10-11-37-20-8-9-25(32-17-20)33-26-15-24-19(16-31-26)14-21(28(36)35(24)7-3)27-22(29)12-18(4)13-23(27)30/h8-9,12-17H,5-7,10-11H2,1-4H3,(H,31,32,33). The third-order valence-corrected chi connectivity index (χ3v) is 6.31. The van der Waals surface area contributed by atoms with E-state index in [2.05, 4.69) is 34.0 Å². The average molecular weight is 508 g/mol. The molecule has 0 bridgehead atoms. The molecule has 0 atom stereocenters. The van der Waals surface area contributed by atoms with Crippen molar-refractivity contribution in [3.8, 4) is 16.9 Å². The van der Waals surface area contributed by atoms with Gasteiger partial charge in [0.1, 0.15) is 35.6 Å². The van der Waals surface area contributed by atoms with Gasteiger partial charge in [-0.25, -0.2) is 18.7 Å². The van der Waals surface area contributed by atoms with Gasteiger partial charge < -0.3 is 19.5 Å². The summed E-state index contributed by atoms with van der Waals surface area (Å²) in [7, 11) is 0. The second-order valence-electron chi connectivity index (χ2n) is 8.72. The number of nitrogens with one attached hydrogen (secondary N) is 1. The fourth-order valence-corrected chi connectivity index (χ4v) is 4.29. The number of nitrogens with zero attached hydrogens (tertiary/aromatic N) is 4. The first-order valence-corrected chi connectivity index (χ1v) is 12.4. The molecule has 0 aliphatic heterocycles. The highest BCUT2D eigenvalue weighted by Gasteiger charge is 2.19. The Kier molecular flexibility index (Phi) is 8.13. The third kappa shape index (κ3) is 5.77. The molecule has 0 saturated heterocycles. The maximum atomic E-state index is 14.7. The Morgan fingerprint density at radius 2 is 1.68 bits per heavy atom. The fourth-order valence-electron chi connectivity index (χ4n) is 4.29. The molecule has 0 aliphatic rings. The van der Waals surface area contributed by atoms with Crippen molar-refractivity contribution < 1.29 is 13.5 Å². The van der Waals surface area contributed by atoms with Gasteiger partial charge in [0.15, 0.2) is 0 Å². The van der Waals surface area contributed by atoms with Gasteiger partial charge in [-0.15, -0.1) is 0 Å². The first-order valence-electron chi connectivity index (χ1n) is 12.4. The van der Waals surface area contributed by atoms with Gasteiger partial charge in [0.2, 0.25) is 0 Å². The van der Waals surface area contributed by atoms with Crippen LogP contribution in [0.15, 0.2) is 53.6 Å². The molecule has 3 heterocycles. The molecule has 3 aromatic heterocycles. The van der Waals surface area contributed by atoms with Gasteiger partial charge in [-0.2, -0.15) is 0 Å². The monoisotopic (exact) mass is 507 g/mol. The number of fused-ring (bicyclic) bond motifs is 1. The lowest BCUT2D eigenvalue weighted by Gasteiger charge is -2.18. The number of pyridine rings is 3. The van der Waals surface area contributed by atoms with Crippen LogP contribution in [0.4, 0.5) is 20.4 Å². The number of halogens is 2. The van der Waals surface area contributed by atoms with Crippen molar-refractivity contribution in [1.29, 1.82) is 0 Å². The molecule has 37 heavy (non-hydrogen) atoms. The molecule has 1 N–H and O–H groups in total. The summed E-state index contributed by atoms with van der Waals surface area (Å²) >= 11 is 0. The quantitative estimate of drug-likeness (QED) is 0.304. The summed E-state index contributed by atoms with van der Waals surface area (Å²) in [4.78, 5) is 24.3. The fraction of sp³-hybridized carbons (Fsp3) is 0.321. The molecule has 0 radical (unpaired) electrons. The van der Waals surface area contributed by atoms with Gasteiger partial charge in [-0.3, -0.25) is 4.79 Å². The SMILES string of the molecule is CCN(CC)CCOc1ccc(Nc2cc3c(cn2)cc(-c2c(F)cc(C)cc2F)c(=O)n3CC)nc1. The van der Waals surface area contributed by atoms with Gasteiger partial charge in [0.25, 0.3) is 5.56 Å². The Labute approximate surface area is 214 Å². The predicted octanol–water partition coefficient (Wildman–Crippen LogP) is 5.53. The molecule has 7 nitrogen and oxygen atoms in total. The number of aryl methyl sites for hydroxylation is 2. The number of rotatable bonds is 10. The molecule has 0 amide bonds. The van der Waals surface area contributed by atoms with Crippen LogP contribution in [0.5, 0.6) is 5.75 Å². The summed E-state index contributed by atoms with van der Waals surface area (Å²) in [6.07, 6.45) is 3.21. The van der Waals surface area contributed by atoms with E-state index in [1.807, 2.05) is 6.07 Å². The lowest BCUT2D eigenvalue weighted by Crippen LogP contribution is -2.27. The zero-order chi connectivity index (χ0) is 26.5. The van der Waals surface area contributed by atoms with Crippen LogP contribution in [0.25, 0.3) is 22.0 Å². The largest absolute Gasteiger partial charge is 0.491 e. The number of hydrogen-bond donors (Lipinski definition) is 1. The minimum absolute atomic E-state index is 0.0369. The smallest absolute Gasteiger partial charge is 0.259 e. The summed E-state index contributed by atoms with van der Waals surface area (Å²) in [5.41, 5.74) is 0.201. The highest BCUT2D eigenvalue weighted by Crippen LogP contribution is 2.28. The van der Waals surface area contributed by atoms with Crippen molar-refractivity contribution >= 4 is 22.5 Å². The van der Waals surface area contributed by atoms with Crippen LogP contribution < -0.4 is 15.6 Å². The van der Waals surface area contributed by atoms with Crippen molar-refractivity contribution in [3.63, 3.8) is 0 Å². The summed E-state index contributed by atoms with van der Waals surface area (Å²) in [6, 6.07) is 9.27. The lowest BCUT2D eigenvalue weighted by molar-refractivity contribution is 0.222. The van der Waals surface area contributed by atoms with E-state index in [9.17, 15) is 13.6 Å². The number of ether oxygens (including phenoxy) is 1. The summed E-state index contributed by atoms with van der Waals surface area (Å²) < 4.78 is 36.6. The summed E-state index contributed by atoms with van der Waals surface area (Å²) in [5, 5.41) is 3.73. The molecule has 0 saturated carbocycles. The molecular formula is C28H31F2N5O2.